The van der Waals surface area contributed by atoms with Gasteiger partial charge in [0.15, 0.2) is 0 Å². The zero-order valence-electron chi connectivity index (χ0n) is 25.9. The lowest BCUT2D eigenvalue weighted by Crippen LogP contribution is -2.47. The minimum Gasteiger partial charge on any atom is -0.459 e. The number of carbonyl (C=O) groups excluding carboxylic acids is 1. The average molecular weight is 598 g/mol. The number of benzene rings is 2. The Morgan fingerprint density at radius 1 is 0.955 bits per heavy atom. The first-order chi connectivity index (χ1) is 21.7. The fourth-order valence-electron chi connectivity index (χ4n) is 6.00. The van der Waals surface area contributed by atoms with Crippen LogP contribution in [0, 0.1) is 0 Å². The van der Waals surface area contributed by atoms with Gasteiger partial charge in [-0.25, -0.2) is 4.98 Å². The van der Waals surface area contributed by atoms with E-state index in [-0.39, 0.29) is 18.1 Å². The number of pyridine rings is 1. The van der Waals surface area contributed by atoms with Crippen molar-refractivity contribution in [3.63, 3.8) is 0 Å². The van der Waals surface area contributed by atoms with Gasteiger partial charge in [0.25, 0.3) is 0 Å². The Kier molecular flexibility index (Phi) is 12.4. The van der Waals surface area contributed by atoms with Gasteiger partial charge in [-0.3, -0.25) is 9.69 Å². The molecule has 2 aliphatic heterocycles. The number of ether oxygens (including phenoxy) is 3. The lowest BCUT2D eigenvalue weighted by Gasteiger charge is -2.35. The molecule has 3 heterocycles. The number of morpholine rings is 1. The van der Waals surface area contributed by atoms with Crippen molar-refractivity contribution in [1.82, 2.24) is 9.88 Å². The molecule has 0 spiro atoms. The number of esters is 1. The molecule has 0 bridgehead atoms. The number of hydrogen-bond donors (Lipinski definition) is 0. The molecule has 1 aromatic heterocycles. The molecule has 0 N–H and O–H groups in total. The van der Waals surface area contributed by atoms with E-state index in [0.29, 0.717) is 13.2 Å². The van der Waals surface area contributed by atoms with E-state index in [1.165, 1.54) is 5.56 Å². The predicted octanol–water partition coefficient (Wildman–Crippen LogP) is 6.33. The van der Waals surface area contributed by atoms with Crippen molar-refractivity contribution in [3.05, 3.63) is 102 Å². The maximum absolute atomic E-state index is 13.6. The summed E-state index contributed by atoms with van der Waals surface area (Å²) < 4.78 is 17.7. The Hall–Kier alpha value is -3.52. The second-order valence-corrected chi connectivity index (χ2v) is 11.8. The maximum Gasteiger partial charge on any atom is 0.323 e. The van der Waals surface area contributed by atoms with Crippen LogP contribution in [-0.4, -0.2) is 74.0 Å². The first-order valence-electron chi connectivity index (χ1n) is 16.2. The van der Waals surface area contributed by atoms with Crippen molar-refractivity contribution >= 4 is 17.4 Å². The molecule has 0 saturated carbocycles. The van der Waals surface area contributed by atoms with E-state index in [1.54, 1.807) is 0 Å². The second-order valence-electron chi connectivity index (χ2n) is 11.8. The van der Waals surface area contributed by atoms with Crippen molar-refractivity contribution in [1.29, 1.82) is 0 Å². The van der Waals surface area contributed by atoms with Crippen molar-refractivity contribution in [3.8, 4) is 0 Å². The number of aryl methyl sites for hydroxylation is 1. The van der Waals surface area contributed by atoms with E-state index in [0.717, 1.165) is 107 Å². The summed E-state index contributed by atoms with van der Waals surface area (Å²) in [4.78, 5) is 22.9. The molecule has 234 valence electrons. The van der Waals surface area contributed by atoms with Gasteiger partial charge in [0, 0.05) is 25.8 Å². The number of rotatable bonds is 15. The molecule has 2 saturated heterocycles. The van der Waals surface area contributed by atoms with Crippen LogP contribution >= 0.6 is 0 Å². The van der Waals surface area contributed by atoms with Crippen molar-refractivity contribution < 1.29 is 19.0 Å². The molecular formula is C37H47N3O4. The van der Waals surface area contributed by atoms with Gasteiger partial charge in [0.1, 0.15) is 18.0 Å². The van der Waals surface area contributed by atoms with E-state index in [1.807, 2.05) is 30.5 Å². The minimum atomic E-state index is -0.273. The van der Waals surface area contributed by atoms with Crippen molar-refractivity contribution in [2.75, 3.05) is 50.9 Å². The van der Waals surface area contributed by atoms with Gasteiger partial charge in [-0.1, -0.05) is 73.7 Å². The summed E-state index contributed by atoms with van der Waals surface area (Å²) in [5.74, 6) is 0.856. The quantitative estimate of drug-likeness (QED) is 0.190. The molecule has 1 unspecified atom stereocenters. The first-order valence-corrected chi connectivity index (χ1v) is 16.2. The van der Waals surface area contributed by atoms with E-state index in [9.17, 15) is 4.79 Å². The van der Waals surface area contributed by atoms with Gasteiger partial charge in [-0.05, 0) is 79.5 Å². The Morgan fingerprint density at radius 2 is 1.70 bits per heavy atom. The summed E-state index contributed by atoms with van der Waals surface area (Å²) in [7, 11) is 0. The van der Waals surface area contributed by atoms with Crippen LogP contribution in [0.15, 0.2) is 85.6 Å². The topological polar surface area (TPSA) is 64.1 Å². The highest BCUT2D eigenvalue weighted by Gasteiger charge is 2.31. The molecule has 2 fully saturated rings. The molecule has 2 atom stereocenters. The van der Waals surface area contributed by atoms with Crippen LogP contribution in [-0.2, 0) is 32.0 Å². The summed E-state index contributed by atoms with van der Waals surface area (Å²) in [6.07, 6.45) is 8.03. The van der Waals surface area contributed by atoms with E-state index in [2.05, 4.69) is 64.9 Å². The molecule has 0 amide bonds. The third kappa shape index (κ3) is 9.74. The normalized spacial score (nSPS) is 18.1. The standard InChI is InChI=1S/C37H47N3O4/c1-30(33-18-19-36(38-27-33)40-23-25-42-26-24-40)20-22-39-21-9-8-17-35(39)37(41)44-34(16-10-15-31-11-4-2-5-12-31)29-43-28-32-13-6-3-7-14-32/h2-7,11-14,18-19,27,34-35H,1,8-10,15-17,20-26,28-29H2/t34?,35-/m0/s1. The Morgan fingerprint density at radius 3 is 2.43 bits per heavy atom. The third-order valence-electron chi connectivity index (χ3n) is 8.61. The molecule has 2 aliphatic rings. The van der Waals surface area contributed by atoms with Crippen molar-refractivity contribution in [2.24, 2.45) is 0 Å². The van der Waals surface area contributed by atoms with Gasteiger partial charge in [-0.15, -0.1) is 0 Å². The van der Waals surface area contributed by atoms with E-state index in [4.69, 9.17) is 19.2 Å². The number of nitrogens with zero attached hydrogens (tertiary/aromatic N) is 3. The molecule has 44 heavy (non-hydrogen) atoms. The first kappa shape index (κ1) is 31.9. The van der Waals surface area contributed by atoms with Crippen LogP contribution in [0.25, 0.3) is 5.57 Å². The summed E-state index contributed by atoms with van der Waals surface area (Å²) in [5.41, 5.74) is 4.50. The SMILES string of the molecule is C=C(CCN1CCCC[C@H]1C(=O)OC(CCCc1ccccc1)COCc1ccccc1)c1ccc(N2CCOCC2)nc1. The number of carbonyl (C=O) groups is 1. The van der Waals surface area contributed by atoms with Gasteiger partial charge >= 0.3 is 5.97 Å². The van der Waals surface area contributed by atoms with E-state index < -0.39 is 0 Å². The molecule has 5 rings (SSSR count). The third-order valence-corrected chi connectivity index (χ3v) is 8.61. The summed E-state index contributed by atoms with van der Waals surface area (Å²) in [5, 5.41) is 0. The van der Waals surface area contributed by atoms with Gasteiger partial charge < -0.3 is 19.1 Å². The Labute approximate surface area is 262 Å². The Balaban J connectivity index is 1.14. The van der Waals surface area contributed by atoms with Crippen molar-refractivity contribution in [2.45, 2.75) is 63.7 Å². The molecule has 3 aromatic rings. The van der Waals surface area contributed by atoms with Crippen LogP contribution in [0.1, 0.15) is 55.2 Å². The largest absolute Gasteiger partial charge is 0.459 e. The summed E-state index contributed by atoms with van der Waals surface area (Å²) in [6.45, 7) is 10.1. The minimum absolute atomic E-state index is 0.125. The second kappa shape index (κ2) is 17.1. The smallest absolute Gasteiger partial charge is 0.323 e. The van der Waals surface area contributed by atoms with Crippen LogP contribution in [0.4, 0.5) is 5.82 Å². The summed E-state index contributed by atoms with van der Waals surface area (Å²) in [6, 6.07) is 24.6. The van der Waals surface area contributed by atoms with Crippen LogP contribution < -0.4 is 4.90 Å². The molecule has 7 heteroatoms. The zero-order chi connectivity index (χ0) is 30.4. The summed E-state index contributed by atoms with van der Waals surface area (Å²) >= 11 is 0. The number of anilines is 1. The fourth-order valence-corrected chi connectivity index (χ4v) is 6.00. The molecule has 0 radical (unpaired) electrons. The van der Waals surface area contributed by atoms with Gasteiger partial charge in [0.05, 0.1) is 26.4 Å². The zero-order valence-corrected chi connectivity index (χ0v) is 25.9. The van der Waals surface area contributed by atoms with Crippen LogP contribution in [0.5, 0.6) is 0 Å². The molecule has 7 nitrogen and oxygen atoms in total. The molecule has 0 aliphatic carbocycles. The highest BCUT2D eigenvalue weighted by molar-refractivity contribution is 5.76. The maximum atomic E-state index is 13.6. The lowest BCUT2D eigenvalue weighted by atomic mass is 10.00. The highest BCUT2D eigenvalue weighted by Crippen LogP contribution is 2.24. The van der Waals surface area contributed by atoms with Gasteiger partial charge in [0.2, 0.25) is 0 Å². The Bertz CT molecular complexity index is 1230. The van der Waals surface area contributed by atoms with E-state index >= 15 is 0 Å². The highest BCUT2D eigenvalue weighted by atomic mass is 16.6. The number of likely N-dealkylation sites (tertiary alicyclic amines) is 1. The number of hydrogen-bond acceptors (Lipinski definition) is 7. The van der Waals surface area contributed by atoms with Crippen LogP contribution in [0.2, 0.25) is 0 Å². The van der Waals surface area contributed by atoms with Crippen LogP contribution in [0.3, 0.4) is 0 Å². The monoisotopic (exact) mass is 597 g/mol. The fraction of sp³-hybridized carbons (Fsp3) is 0.459. The number of piperidine rings is 1. The van der Waals surface area contributed by atoms with Gasteiger partial charge in [-0.2, -0.15) is 0 Å². The number of aromatic nitrogens is 1. The molecular weight excluding hydrogens is 550 g/mol. The predicted molar refractivity (Wildman–Crippen MR) is 175 cm³/mol. The lowest BCUT2D eigenvalue weighted by molar-refractivity contribution is -0.160. The average Bonchev–Trinajstić information content (AvgIpc) is 3.08. The molecule has 2 aromatic carbocycles.